The van der Waals surface area contributed by atoms with Crippen LogP contribution in [0.2, 0.25) is 0 Å². The molecule has 0 saturated carbocycles. The Morgan fingerprint density at radius 1 is 0.327 bits per heavy atom. The average molecular weight is 643 g/mol. The first kappa shape index (κ1) is 26.9. The molecular weight excluding hydrogens is 617 g/mol. The molecule has 49 heavy (non-hydrogen) atoms. The van der Waals surface area contributed by atoms with Gasteiger partial charge in [-0.2, -0.15) is 0 Å². The molecule has 11 rings (SSSR count). The van der Waals surface area contributed by atoms with E-state index in [0.29, 0.717) is 0 Å². The van der Waals surface area contributed by atoms with E-state index in [1.165, 1.54) is 64.0 Å². The molecule has 8 aromatic carbocycles. The van der Waals surface area contributed by atoms with Crippen molar-refractivity contribution in [1.29, 1.82) is 0 Å². The Kier molecular flexibility index (Phi) is 5.57. The lowest BCUT2D eigenvalue weighted by Crippen LogP contribution is -1.90. The number of furan rings is 2. The summed E-state index contributed by atoms with van der Waals surface area (Å²) in [7, 11) is 0. The molecule has 0 spiro atoms. The largest absolute Gasteiger partial charge is 0.456 e. The van der Waals surface area contributed by atoms with Crippen LogP contribution in [0.3, 0.4) is 0 Å². The van der Waals surface area contributed by atoms with E-state index in [0.717, 1.165) is 44.2 Å². The maximum Gasteiger partial charge on any atom is 0.139 e. The van der Waals surface area contributed by atoms with Gasteiger partial charge in [-0.25, -0.2) is 0 Å². The van der Waals surface area contributed by atoms with Crippen LogP contribution in [0, 0.1) is 0 Å². The Bertz CT molecular complexity index is 3050. The molecule has 11 aromatic rings. The van der Waals surface area contributed by atoms with Crippen molar-refractivity contribution >= 4 is 86.0 Å². The summed E-state index contributed by atoms with van der Waals surface area (Å²) in [6.45, 7) is 0. The second-order valence-electron chi connectivity index (χ2n) is 12.8. The zero-order chi connectivity index (χ0) is 32.1. The van der Waals surface area contributed by atoms with Gasteiger partial charge in [-0.05, 0) is 86.3 Å². The third-order valence-electron chi connectivity index (χ3n) is 10.1. The Morgan fingerprint density at radius 3 is 1.61 bits per heavy atom. The van der Waals surface area contributed by atoms with Crippen LogP contribution in [0.15, 0.2) is 167 Å². The molecule has 228 valence electrons. The van der Waals surface area contributed by atoms with Crippen LogP contribution < -0.4 is 0 Å². The van der Waals surface area contributed by atoms with E-state index in [2.05, 4.69) is 133 Å². The third-order valence-corrected chi connectivity index (χ3v) is 11.2. The van der Waals surface area contributed by atoms with E-state index in [1.807, 2.05) is 35.6 Å². The fourth-order valence-electron chi connectivity index (χ4n) is 7.84. The molecule has 0 atom stereocenters. The van der Waals surface area contributed by atoms with Crippen LogP contribution in [-0.2, 0) is 0 Å². The van der Waals surface area contributed by atoms with Gasteiger partial charge < -0.3 is 8.83 Å². The maximum absolute atomic E-state index is 6.42. The van der Waals surface area contributed by atoms with Gasteiger partial charge in [0, 0.05) is 48.0 Å². The highest BCUT2D eigenvalue weighted by Gasteiger charge is 2.19. The summed E-state index contributed by atoms with van der Waals surface area (Å²) in [5, 5.41) is 10.9. The minimum Gasteiger partial charge on any atom is -0.456 e. The molecule has 3 heterocycles. The molecule has 0 radical (unpaired) electrons. The summed E-state index contributed by atoms with van der Waals surface area (Å²) >= 11 is 1.86. The van der Waals surface area contributed by atoms with Crippen molar-refractivity contribution in [2.24, 2.45) is 0 Å². The van der Waals surface area contributed by atoms with Gasteiger partial charge in [-0.1, -0.05) is 109 Å². The standard InChI is InChI=1S/C46H26O2S/c1-2-10-27(11-3-1)40-25-30-24-37-36-22-28(18-20-39(36)47-42(37)26-41(30)48-40)45-32-13-4-6-15-34(32)46(35-16-7-5-14-33(35)45)29-19-21-44-38(23-29)31-12-8-9-17-43(31)49-44/h1-26H. The molecule has 0 bridgehead atoms. The topological polar surface area (TPSA) is 26.3 Å². The second-order valence-corrected chi connectivity index (χ2v) is 13.9. The van der Waals surface area contributed by atoms with Crippen molar-refractivity contribution in [1.82, 2.24) is 0 Å². The number of rotatable bonds is 3. The number of thiophene rings is 1. The first-order valence-electron chi connectivity index (χ1n) is 16.6. The van der Waals surface area contributed by atoms with E-state index in [9.17, 15) is 0 Å². The van der Waals surface area contributed by atoms with Gasteiger partial charge in [-0.3, -0.25) is 0 Å². The molecule has 0 saturated heterocycles. The van der Waals surface area contributed by atoms with Gasteiger partial charge in [0.25, 0.3) is 0 Å². The van der Waals surface area contributed by atoms with Gasteiger partial charge in [-0.15, -0.1) is 11.3 Å². The number of fused-ring (bicyclic) bond motifs is 9. The van der Waals surface area contributed by atoms with Crippen LogP contribution in [-0.4, -0.2) is 0 Å². The van der Waals surface area contributed by atoms with E-state index >= 15 is 0 Å². The Balaban J connectivity index is 1.15. The molecule has 0 aliphatic rings. The van der Waals surface area contributed by atoms with Gasteiger partial charge in [0.1, 0.15) is 22.5 Å². The molecular formula is C46H26O2S. The Hall–Kier alpha value is -6.16. The van der Waals surface area contributed by atoms with E-state index in [1.54, 1.807) is 0 Å². The quantitative estimate of drug-likeness (QED) is 0.179. The summed E-state index contributed by atoms with van der Waals surface area (Å²) in [6.07, 6.45) is 0. The summed E-state index contributed by atoms with van der Waals surface area (Å²) in [6, 6.07) is 56.7. The van der Waals surface area contributed by atoms with Crippen molar-refractivity contribution in [3.63, 3.8) is 0 Å². The minimum atomic E-state index is 0.826. The van der Waals surface area contributed by atoms with Crippen LogP contribution in [0.5, 0.6) is 0 Å². The lowest BCUT2D eigenvalue weighted by molar-refractivity contribution is 0.628. The molecule has 0 aliphatic carbocycles. The molecule has 0 amide bonds. The van der Waals surface area contributed by atoms with Gasteiger partial charge >= 0.3 is 0 Å². The molecule has 0 N–H and O–H groups in total. The van der Waals surface area contributed by atoms with Crippen molar-refractivity contribution in [2.45, 2.75) is 0 Å². The molecule has 0 fully saturated rings. The van der Waals surface area contributed by atoms with Crippen molar-refractivity contribution in [2.75, 3.05) is 0 Å². The highest BCUT2D eigenvalue weighted by molar-refractivity contribution is 7.25. The smallest absolute Gasteiger partial charge is 0.139 e. The zero-order valence-corrected chi connectivity index (χ0v) is 27.1. The fraction of sp³-hybridized carbons (Fsp3) is 0. The first-order chi connectivity index (χ1) is 24.3. The number of hydrogen-bond acceptors (Lipinski definition) is 3. The monoisotopic (exact) mass is 642 g/mol. The first-order valence-corrected chi connectivity index (χ1v) is 17.4. The summed E-state index contributed by atoms with van der Waals surface area (Å²) in [5.41, 5.74) is 8.52. The molecule has 3 aromatic heterocycles. The lowest BCUT2D eigenvalue weighted by Gasteiger charge is -2.18. The summed E-state index contributed by atoms with van der Waals surface area (Å²) in [4.78, 5) is 0. The fourth-order valence-corrected chi connectivity index (χ4v) is 8.93. The van der Waals surface area contributed by atoms with Crippen LogP contribution >= 0.6 is 11.3 Å². The highest BCUT2D eigenvalue weighted by Crippen LogP contribution is 2.46. The second kappa shape index (κ2) is 10.2. The van der Waals surface area contributed by atoms with E-state index in [4.69, 9.17) is 8.83 Å². The van der Waals surface area contributed by atoms with Crippen molar-refractivity contribution in [3.05, 3.63) is 158 Å². The molecule has 0 unspecified atom stereocenters. The number of benzene rings is 8. The average Bonchev–Trinajstić information content (AvgIpc) is 3.85. The van der Waals surface area contributed by atoms with Crippen molar-refractivity contribution < 1.29 is 8.83 Å². The summed E-state index contributed by atoms with van der Waals surface area (Å²) in [5.74, 6) is 0.859. The predicted molar refractivity (Wildman–Crippen MR) is 208 cm³/mol. The third kappa shape index (κ3) is 4.00. The normalized spacial score (nSPS) is 12.1. The zero-order valence-electron chi connectivity index (χ0n) is 26.2. The predicted octanol–water partition coefficient (Wildman–Crippen LogP) is 14.0. The molecule has 3 heteroatoms. The van der Waals surface area contributed by atoms with Gasteiger partial charge in [0.2, 0.25) is 0 Å². The Morgan fingerprint density at radius 2 is 0.898 bits per heavy atom. The SMILES string of the molecule is c1ccc(-c2cc3cc4c(cc3o2)oc2ccc(-c3c5ccccc5c(-c5ccc6sc7ccccc7c6c5)c5ccccc35)cc24)cc1. The van der Waals surface area contributed by atoms with Crippen LogP contribution in [0.4, 0.5) is 0 Å². The van der Waals surface area contributed by atoms with Crippen LogP contribution in [0.25, 0.3) is 108 Å². The van der Waals surface area contributed by atoms with Crippen molar-refractivity contribution in [3.8, 4) is 33.6 Å². The number of hydrogen-bond donors (Lipinski definition) is 0. The lowest BCUT2D eigenvalue weighted by atomic mass is 9.85. The van der Waals surface area contributed by atoms with Gasteiger partial charge in [0.05, 0.1) is 0 Å². The molecule has 0 aliphatic heterocycles. The summed E-state index contributed by atoms with van der Waals surface area (Å²) < 4.78 is 15.3. The maximum atomic E-state index is 6.42. The highest BCUT2D eigenvalue weighted by atomic mass is 32.1. The van der Waals surface area contributed by atoms with Gasteiger partial charge in [0.15, 0.2) is 0 Å². The Labute approximate surface area is 285 Å². The van der Waals surface area contributed by atoms with Crippen LogP contribution in [0.1, 0.15) is 0 Å². The van der Waals surface area contributed by atoms with E-state index in [-0.39, 0.29) is 0 Å². The minimum absolute atomic E-state index is 0.826. The molecule has 2 nitrogen and oxygen atoms in total. The van der Waals surface area contributed by atoms with E-state index < -0.39 is 0 Å².